The molecule has 0 aliphatic rings. The molecule has 27 heavy (non-hydrogen) atoms. The van der Waals surface area contributed by atoms with Gasteiger partial charge in [0, 0.05) is 32.0 Å². The van der Waals surface area contributed by atoms with E-state index in [0.29, 0.717) is 30.5 Å². The third kappa shape index (κ3) is 4.84. The highest BCUT2D eigenvalue weighted by Gasteiger charge is 2.13. The van der Waals surface area contributed by atoms with Crippen molar-refractivity contribution in [3.63, 3.8) is 0 Å². The van der Waals surface area contributed by atoms with E-state index in [9.17, 15) is 14.9 Å². The third-order valence-electron chi connectivity index (χ3n) is 3.52. The molecule has 2 aromatic heterocycles. The van der Waals surface area contributed by atoms with E-state index in [4.69, 9.17) is 4.52 Å². The van der Waals surface area contributed by atoms with Gasteiger partial charge in [-0.1, -0.05) is 17.3 Å². The minimum Gasteiger partial charge on any atom is -0.378 e. The first kappa shape index (κ1) is 18.0. The minimum atomic E-state index is -0.460. The molecule has 0 atom stereocenters. The Hall–Kier alpha value is -3.83. The summed E-state index contributed by atoms with van der Waals surface area (Å²) in [6.45, 7) is 0.671. The maximum absolute atomic E-state index is 11.9. The Morgan fingerprint density at radius 2 is 2.15 bits per heavy atom. The molecule has 3 aromatic rings. The van der Waals surface area contributed by atoms with Gasteiger partial charge in [0.1, 0.15) is 12.0 Å². The lowest BCUT2D eigenvalue weighted by molar-refractivity contribution is -0.384. The number of amides is 1. The second-order valence-corrected chi connectivity index (χ2v) is 5.40. The van der Waals surface area contributed by atoms with Gasteiger partial charge in [0.05, 0.1) is 4.92 Å². The van der Waals surface area contributed by atoms with Crippen molar-refractivity contribution in [2.75, 3.05) is 18.4 Å². The van der Waals surface area contributed by atoms with E-state index in [1.807, 2.05) is 0 Å². The van der Waals surface area contributed by atoms with Crippen molar-refractivity contribution in [2.45, 2.75) is 12.8 Å². The van der Waals surface area contributed by atoms with Crippen molar-refractivity contribution in [1.29, 1.82) is 0 Å². The molecule has 1 amide bonds. The van der Waals surface area contributed by atoms with Crippen molar-refractivity contribution in [1.82, 2.24) is 30.6 Å². The fourth-order valence-corrected chi connectivity index (χ4v) is 2.26. The lowest BCUT2D eigenvalue weighted by Gasteiger charge is -2.08. The van der Waals surface area contributed by atoms with Gasteiger partial charge in [0.2, 0.25) is 17.6 Å². The molecule has 0 saturated carbocycles. The van der Waals surface area contributed by atoms with Gasteiger partial charge in [-0.15, -0.1) is 0 Å². The highest BCUT2D eigenvalue weighted by Crippen LogP contribution is 2.22. The molecule has 0 bridgehead atoms. The number of para-hydroxylation sites is 2. The molecule has 2 heterocycles. The Kier molecular flexibility index (Phi) is 5.67. The zero-order chi connectivity index (χ0) is 19.1. The van der Waals surface area contributed by atoms with Crippen LogP contribution in [0.1, 0.15) is 12.3 Å². The molecule has 12 heteroatoms. The minimum absolute atomic E-state index is 0.0113. The van der Waals surface area contributed by atoms with Crippen LogP contribution in [-0.4, -0.2) is 49.2 Å². The molecule has 1 aromatic carbocycles. The van der Waals surface area contributed by atoms with Gasteiger partial charge in [-0.25, -0.2) is 4.98 Å². The lowest BCUT2D eigenvalue weighted by atomic mass is 10.2. The van der Waals surface area contributed by atoms with Crippen LogP contribution in [0.15, 0.2) is 35.1 Å². The SMILES string of the molecule is O=C(CCc1nc(-c2ncn[nH]2)no1)NCCNc1ccccc1[N+](=O)[O-]. The highest BCUT2D eigenvalue weighted by molar-refractivity contribution is 5.76. The van der Waals surface area contributed by atoms with Gasteiger partial charge >= 0.3 is 0 Å². The fraction of sp³-hybridized carbons (Fsp3) is 0.267. The average molecular weight is 372 g/mol. The predicted molar refractivity (Wildman–Crippen MR) is 92.6 cm³/mol. The number of aromatic amines is 1. The molecule has 0 aliphatic heterocycles. The largest absolute Gasteiger partial charge is 0.378 e. The maximum Gasteiger partial charge on any atom is 0.292 e. The molecule has 12 nitrogen and oxygen atoms in total. The van der Waals surface area contributed by atoms with Gasteiger partial charge in [-0.3, -0.25) is 20.0 Å². The summed E-state index contributed by atoms with van der Waals surface area (Å²) in [5.74, 6) is 0.778. The van der Waals surface area contributed by atoms with E-state index >= 15 is 0 Å². The quantitative estimate of drug-likeness (QED) is 0.281. The van der Waals surface area contributed by atoms with Crippen LogP contribution >= 0.6 is 0 Å². The number of carbonyl (C=O) groups excluding carboxylic acids is 1. The number of rotatable bonds is 9. The summed E-state index contributed by atoms with van der Waals surface area (Å²) in [7, 11) is 0. The number of aryl methyl sites for hydroxylation is 1. The predicted octanol–water partition coefficient (Wildman–Crippen LogP) is 0.924. The molecule has 140 valence electrons. The van der Waals surface area contributed by atoms with Crippen LogP contribution in [0.4, 0.5) is 11.4 Å². The van der Waals surface area contributed by atoms with Crippen molar-refractivity contribution >= 4 is 17.3 Å². The Bertz CT molecular complexity index is 908. The Balaban J connectivity index is 1.39. The Labute approximate surface area is 152 Å². The zero-order valence-corrected chi connectivity index (χ0v) is 14.1. The first-order chi connectivity index (χ1) is 13.1. The van der Waals surface area contributed by atoms with Crippen LogP contribution < -0.4 is 10.6 Å². The second-order valence-electron chi connectivity index (χ2n) is 5.40. The first-order valence-electron chi connectivity index (χ1n) is 8.06. The molecule has 0 saturated heterocycles. The van der Waals surface area contributed by atoms with Gasteiger partial charge in [-0.2, -0.15) is 10.1 Å². The number of carbonyl (C=O) groups is 1. The Morgan fingerprint density at radius 1 is 1.30 bits per heavy atom. The molecule has 3 N–H and O–H groups in total. The summed E-state index contributed by atoms with van der Waals surface area (Å²) in [6, 6.07) is 6.32. The summed E-state index contributed by atoms with van der Waals surface area (Å²) in [6.07, 6.45) is 1.78. The number of anilines is 1. The lowest BCUT2D eigenvalue weighted by Crippen LogP contribution is -2.29. The molecule has 0 aliphatic carbocycles. The number of hydrogen-bond donors (Lipinski definition) is 3. The van der Waals surface area contributed by atoms with Gasteiger partial charge < -0.3 is 15.2 Å². The van der Waals surface area contributed by atoms with E-state index in [1.54, 1.807) is 18.2 Å². The zero-order valence-electron chi connectivity index (χ0n) is 14.1. The Morgan fingerprint density at radius 3 is 2.93 bits per heavy atom. The number of benzene rings is 1. The third-order valence-corrected chi connectivity index (χ3v) is 3.52. The monoisotopic (exact) mass is 372 g/mol. The standard InChI is InChI=1S/C15H16N8O4/c24-12(5-6-13-20-15(22-27-13)14-18-9-19-21-14)17-8-7-16-10-3-1-2-4-11(10)23(25)26/h1-4,9,16H,5-8H2,(H,17,24)(H,18,19,21). The molecule has 0 fully saturated rings. The van der Waals surface area contributed by atoms with Crippen LogP contribution in [0.2, 0.25) is 0 Å². The van der Waals surface area contributed by atoms with Crippen molar-refractivity contribution in [3.05, 3.63) is 46.6 Å². The van der Waals surface area contributed by atoms with Gasteiger partial charge in [0.25, 0.3) is 5.69 Å². The number of nitro benzene ring substituents is 1. The number of nitrogens with one attached hydrogen (secondary N) is 3. The van der Waals surface area contributed by atoms with Crippen molar-refractivity contribution < 1.29 is 14.2 Å². The number of nitro groups is 1. The molecular formula is C15H16N8O4. The molecule has 0 spiro atoms. The number of aromatic nitrogens is 5. The summed E-state index contributed by atoms with van der Waals surface area (Å²) >= 11 is 0. The van der Waals surface area contributed by atoms with Gasteiger partial charge in [0.15, 0.2) is 5.82 Å². The van der Waals surface area contributed by atoms with Crippen molar-refractivity contribution in [3.8, 4) is 11.6 Å². The summed E-state index contributed by atoms with van der Waals surface area (Å²) in [5.41, 5.74) is 0.394. The second kappa shape index (κ2) is 8.51. The van der Waals surface area contributed by atoms with Crippen LogP contribution in [0.25, 0.3) is 11.6 Å². The number of nitrogens with zero attached hydrogens (tertiary/aromatic N) is 5. The number of hydrogen-bond acceptors (Lipinski definition) is 9. The summed E-state index contributed by atoms with van der Waals surface area (Å²) in [5, 5.41) is 26.6. The summed E-state index contributed by atoms with van der Waals surface area (Å²) < 4.78 is 5.05. The van der Waals surface area contributed by atoms with Crippen LogP contribution in [-0.2, 0) is 11.2 Å². The summed E-state index contributed by atoms with van der Waals surface area (Å²) in [4.78, 5) is 30.4. The number of H-pyrrole nitrogens is 1. The average Bonchev–Trinajstić information content (AvgIpc) is 3.35. The first-order valence-corrected chi connectivity index (χ1v) is 8.06. The topological polar surface area (TPSA) is 165 Å². The molecular weight excluding hydrogens is 356 g/mol. The maximum atomic E-state index is 11.9. The van der Waals surface area contributed by atoms with E-state index in [2.05, 4.69) is 36.0 Å². The normalized spacial score (nSPS) is 10.5. The molecule has 0 radical (unpaired) electrons. The van der Waals surface area contributed by atoms with E-state index in [0.717, 1.165) is 0 Å². The smallest absolute Gasteiger partial charge is 0.292 e. The fourth-order valence-electron chi connectivity index (χ4n) is 2.26. The van der Waals surface area contributed by atoms with E-state index < -0.39 is 4.92 Å². The van der Waals surface area contributed by atoms with Crippen LogP contribution in [0, 0.1) is 10.1 Å². The van der Waals surface area contributed by atoms with Crippen LogP contribution in [0.3, 0.4) is 0 Å². The highest BCUT2D eigenvalue weighted by atomic mass is 16.6. The molecule has 0 unspecified atom stereocenters. The van der Waals surface area contributed by atoms with E-state index in [1.165, 1.54) is 12.4 Å². The van der Waals surface area contributed by atoms with E-state index in [-0.39, 0.29) is 30.3 Å². The molecule has 3 rings (SSSR count). The van der Waals surface area contributed by atoms with Crippen molar-refractivity contribution in [2.24, 2.45) is 0 Å². The van der Waals surface area contributed by atoms with Gasteiger partial charge in [-0.05, 0) is 6.07 Å². The van der Waals surface area contributed by atoms with Crippen LogP contribution in [0.5, 0.6) is 0 Å².